The van der Waals surface area contributed by atoms with Crippen molar-refractivity contribution in [2.75, 3.05) is 13.2 Å². The van der Waals surface area contributed by atoms with E-state index < -0.39 is 31.0 Å². The molecule has 11 heavy (non-hydrogen) atoms. The van der Waals surface area contributed by atoms with Crippen LogP contribution in [0.2, 0.25) is 0 Å². The number of β-amino-alcohol motifs (C(OH)–C–C–N with tert-alkyl or cyclic N) is 1. The first-order chi connectivity index (χ1) is 5.16. The minimum absolute atomic E-state index is 0.253. The molecule has 0 saturated carbocycles. The fourth-order valence-corrected chi connectivity index (χ4v) is 1.21. The van der Waals surface area contributed by atoms with Crippen LogP contribution in [0, 0.1) is 0 Å². The van der Waals surface area contributed by atoms with Crippen molar-refractivity contribution in [3.63, 3.8) is 0 Å². The van der Waals surface area contributed by atoms with Crippen molar-refractivity contribution in [2.24, 2.45) is 0 Å². The van der Waals surface area contributed by atoms with Gasteiger partial charge in [-0.3, -0.25) is 0 Å². The Morgan fingerprint density at radius 1 is 1.45 bits per heavy atom. The van der Waals surface area contributed by atoms with Gasteiger partial charge >= 0.3 is 0 Å². The molecular weight excluding hydrogens is 150 g/mol. The molecule has 0 amide bonds. The predicted molar refractivity (Wildman–Crippen MR) is 36.9 cm³/mol. The molecule has 5 N–H and O–H groups in total. The molecule has 1 fully saturated rings. The number of aliphatic hydroxyl groups excluding tert-OH is 4. The maximum Gasteiger partial charge on any atom is 0.0990 e. The van der Waals surface area contributed by atoms with Crippen molar-refractivity contribution in [2.45, 2.75) is 24.4 Å². The molecule has 4 atom stereocenters. The van der Waals surface area contributed by atoms with Crippen LogP contribution in [-0.2, 0) is 0 Å². The summed E-state index contributed by atoms with van der Waals surface area (Å²) in [6, 6.07) is -0.616. The van der Waals surface area contributed by atoms with Gasteiger partial charge in [0.15, 0.2) is 0 Å². The number of nitrogens with one attached hydrogen (secondary N) is 1. The standard InChI is InChI=1S/C6H13NO4/c8-2-4(10)5-6(11)3(9)1-7-5/h3-11H,1-2H2/t3-,4-,5+,6-/m0/s1. The topological polar surface area (TPSA) is 93.0 Å². The van der Waals surface area contributed by atoms with Crippen LogP contribution in [0.15, 0.2) is 0 Å². The Bertz CT molecular complexity index is 132. The molecule has 0 unspecified atom stereocenters. The predicted octanol–water partition coefficient (Wildman–Crippen LogP) is -2.97. The Hall–Kier alpha value is -0.200. The van der Waals surface area contributed by atoms with Crippen molar-refractivity contribution in [1.29, 1.82) is 0 Å². The summed E-state index contributed by atoms with van der Waals surface area (Å²) in [6.45, 7) is -0.162. The molecule has 5 heteroatoms. The van der Waals surface area contributed by atoms with E-state index >= 15 is 0 Å². The summed E-state index contributed by atoms with van der Waals surface area (Å²) in [5, 5.41) is 38.5. The number of hydrogen-bond acceptors (Lipinski definition) is 5. The highest BCUT2D eigenvalue weighted by atomic mass is 16.3. The molecule has 0 bridgehead atoms. The molecule has 1 rings (SSSR count). The highest BCUT2D eigenvalue weighted by molar-refractivity contribution is 4.94. The normalized spacial score (nSPS) is 40.9. The van der Waals surface area contributed by atoms with Crippen LogP contribution < -0.4 is 5.32 Å². The Morgan fingerprint density at radius 3 is 2.45 bits per heavy atom. The van der Waals surface area contributed by atoms with Crippen LogP contribution in [0.1, 0.15) is 0 Å². The molecule has 0 radical (unpaired) electrons. The molecule has 0 aromatic carbocycles. The van der Waals surface area contributed by atoms with E-state index in [1.54, 1.807) is 0 Å². The third-order valence-electron chi connectivity index (χ3n) is 1.93. The first-order valence-electron chi connectivity index (χ1n) is 3.55. The molecular formula is C6H13NO4. The molecule has 66 valence electrons. The van der Waals surface area contributed by atoms with E-state index in [1.165, 1.54) is 0 Å². The minimum atomic E-state index is -1.01. The summed E-state index contributed by atoms with van der Waals surface area (Å²) in [5.74, 6) is 0. The van der Waals surface area contributed by atoms with Gasteiger partial charge in [0.2, 0.25) is 0 Å². The summed E-state index contributed by atoms with van der Waals surface area (Å²) >= 11 is 0. The molecule has 0 aromatic rings. The Morgan fingerprint density at radius 2 is 2.09 bits per heavy atom. The zero-order chi connectivity index (χ0) is 8.43. The van der Waals surface area contributed by atoms with Crippen LogP contribution in [0.3, 0.4) is 0 Å². The van der Waals surface area contributed by atoms with E-state index in [0.29, 0.717) is 0 Å². The lowest BCUT2D eigenvalue weighted by Crippen LogP contribution is -2.44. The van der Waals surface area contributed by atoms with Gasteiger partial charge in [0.25, 0.3) is 0 Å². The van der Waals surface area contributed by atoms with E-state index in [1.807, 2.05) is 0 Å². The highest BCUT2D eigenvalue weighted by Crippen LogP contribution is 2.10. The Kier molecular flexibility index (Phi) is 2.80. The van der Waals surface area contributed by atoms with Crippen molar-refractivity contribution in [3.8, 4) is 0 Å². The third kappa shape index (κ3) is 1.69. The maximum absolute atomic E-state index is 9.18. The molecule has 1 saturated heterocycles. The molecule has 1 aliphatic heterocycles. The molecule has 1 aliphatic rings. The van der Waals surface area contributed by atoms with E-state index in [-0.39, 0.29) is 6.54 Å². The minimum Gasteiger partial charge on any atom is -0.394 e. The van der Waals surface area contributed by atoms with Crippen molar-refractivity contribution in [3.05, 3.63) is 0 Å². The summed E-state index contributed by atoms with van der Waals surface area (Å²) in [7, 11) is 0. The zero-order valence-corrected chi connectivity index (χ0v) is 6.01. The summed E-state index contributed by atoms with van der Waals surface area (Å²) in [6.07, 6.45) is -2.85. The Labute approximate surface area is 64.3 Å². The van der Waals surface area contributed by atoms with Crippen LogP contribution in [-0.4, -0.2) is 57.9 Å². The van der Waals surface area contributed by atoms with Crippen molar-refractivity contribution < 1.29 is 20.4 Å². The monoisotopic (exact) mass is 163 g/mol. The molecule has 0 aliphatic carbocycles. The fraction of sp³-hybridized carbons (Fsp3) is 1.00. The molecule has 0 spiro atoms. The van der Waals surface area contributed by atoms with Gasteiger partial charge in [0.05, 0.1) is 31.0 Å². The van der Waals surface area contributed by atoms with Crippen LogP contribution in [0.25, 0.3) is 0 Å². The quantitative estimate of drug-likeness (QED) is 0.300. The van der Waals surface area contributed by atoms with Crippen molar-refractivity contribution in [1.82, 2.24) is 5.32 Å². The second-order valence-corrected chi connectivity index (χ2v) is 2.74. The lowest BCUT2D eigenvalue weighted by molar-refractivity contribution is -0.00977. The first kappa shape index (κ1) is 8.89. The largest absolute Gasteiger partial charge is 0.394 e. The second-order valence-electron chi connectivity index (χ2n) is 2.74. The lowest BCUT2D eigenvalue weighted by atomic mass is 10.1. The summed E-state index contributed by atoms with van der Waals surface area (Å²) in [5.41, 5.74) is 0. The van der Waals surface area contributed by atoms with Crippen LogP contribution >= 0.6 is 0 Å². The summed E-state index contributed by atoms with van der Waals surface area (Å²) < 4.78 is 0. The van der Waals surface area contributed by atoms with Gasteiger partial charge < -0.3 is 25.7 Å². The fourth-order valence-electron chi connectivity index (χ4n) is 1.21. The molecule has 1 heterocycles. The number of rotatable bonds is 2. The number of hydrogen-bond donors (Lipinski definition) is 5. The van der Waals surface area contributed by atoms with E-state index in [4.69, 9.17) is 15.3 Å². The summed E-state index contributed by atoms with van der Waals surface area (Å²) in [4.78, 5) is 0. The average molecular weight is 163 g/mol. The van der Waals surface area contributed by atoms with Gasteiger partial charge in [-0.25, -0.2) is 0 Å². The van der Waals surface area contributed by atoms with Gasteiger partial charge in [-0.1, -0.05) is 0 Å². The highest BCUT2D eigenvalue weighted by Gasteiger charge is 2.36. The molecule has 5 nitrogen and oxygen atoms in total. The smallest absolute Gasteiger partial charge is 0.0990 e. The van der Waals surface area contributed by atoms with Gasteiger partial charge in [0, 0.05) is 6.54 Å². The SMILES string of the molecule is OC[C@H](O)[C@H]1NC[C@H](O)[C@@H]1O. The average Bonchev–Trinajstić information content (AvgIpc) is 2.32. The Balaban J connectivity index is 2.47. The first-order valence-corrected chi connectivity index (χ1v) is 3.55. The van der Waals surface area contributed by atoms with E-state index in [2.05, 4.69) is 5.32 Å². The van der Waals surface area contributed by atoms with Gasteiger partial charge in [-0.05, 0) is 0 Å². The second kappa shape index (κ2) is 3.46. The van der Waals surface area contributed by atoms with E-state index in [0.717, 1.165) is 0 Å². The van der Waals surface area contributed by atoms with Gasteiger partial charge in [-0.2, -0.15) is 0 Å². The van der Waals surface area contributed by atoms with Gasteiger partial charge in [-0.15, -0.1) is 0 Å². The van der Waals surface area contributed by atoms with Gasteiger partial charge in [0.1, 0.15) is 0 Å². The van der Waals surface area contributed by atoms with Crippen molar-refractivity contribution >= 4 is 0 Å². The molecule has 0 aromatic heterocycles. The maximum atomic E-state index is 9.18. The van der Waals surface area contributed by atoms with Crippen LogP contribution in [0.5, 0.6) is 0 Å². The van der Waals surface area contributed by atoms with Crippen LogP contribution in [0.4, 0.5) is 0 Å². The number of aliphatic hydroxyl groups is 4. The third-order valence-corrected chi connectivity index (χ3v) is 1.93. The van der Waals surface area contributed by atoms with E-state index in [9.17, 15) is 5.11 Å². The zero-order valence-electron chi connectivity index (χ0n) is 6.01. The lowest BCUT2D eigenvalue weighted by Gasteiger charge is -2.19.